The van der Waals surface area contributed by atoms with Crippen molar-refractivity contribution < 1.29 is 0 Å². The largest absolute Gasteiger partial charge is 0.313 e. The fraction of sp³-hybridized carbons (Fsp3) is 0.0333. The molecule has 1 aliphatic rings. The first-order valence-corrected chi connectivity index (χ1v) is 21.6. The Bertz CT molecular complexity index is 2940. The van der Waals surface area contributed by atoms with Crippen molar-refractivity contribution in [1.82, 2.24) is 4.57 Å². The van der Waals surface area contributed by atoms with Crippen molar-refractivity contribution in [2.75, 3.05) is 4.90 Å². The van der Waals surface area contributed by atoms with E-state index in [-0.39, 0.29) is 0 Å². The summed E-state index contributed by atoms with van der Waals surface area (Å²) in [7, 11) is 0. The normalized spacial score (nSPS) is 12.0. The zero-order valence-corrected chi connectivity index (χ0v) is 34.4. The minimum atomic E-state index is 1.03. The van der Waals surface area contributed by atoms with E-state index in [0.717, 1.165) is 29.9 Å². The van der Waals surface area contributed by atoms with Crippen LogP contribution in [0.25, 0.3) is 78.3 Å². The molecule has 9 aromatic carbocycles. The molecule has 0 radical (unpaired) electrons. The number of nitrogens with zero attached hydrogens (tertiary/aromatic N) is 2. The monoisotopic (exact) mass is 792 g/mol. The summed E-state index contributed by atoms with van der Waals surface area (Å²) >= 11 is 0. The maximum Gasteiger partial charge on any atom is 0.0538 e. The van der Waals surface area contributed by atoms with E-state index >= 15 is 0 Å². The molecule has 1 heterocycles. The van der Waals surface area contributed by atoms with Gasteiger partial charge in [-0.15, -0.1) is 0 Å². The summed E-state index contributed by atoms with van der Waals surface area (Å²) in [6, 6.07) is 83.9. The molecule has 2 nitrogen and oxygen atoms in total. The Kier molecular flexibility index (Phi) is 9.72. The first-order chi connectivity index (χ1) is 30.7. The van der Waals surface area contributed by atoms with E-state index in [2.05, 4.69) is 252 Å². The Balaban J connectivity index is 1.09. The van der Waals surface area contributed by atoms with Crippen molar-refractivity contribution in [2.24, 2.45) is 0 Å². The first kappa shape index (κ1) is 37.1. The summed E-state index contributed by atoms with van der Waals surface area (Å²) in [5.41, 5.74) is 20.2. The Morgan fingerprint density at radius 3 is 1.23 bits per heavy atom. The number of fused-ring (bicyclic) bond motifs is 3. The fourth-order valence-corrected chi connectivity index (χ4v) is 9.19. The Hall–Kier alpha value is -7.94. The number of benzene rings is 9. The maximum absolute atomic E-state index is 2.46. The summed E-state index contributed by atoms with van der Waals surface area (Å²) in [6.45, 7) is 0. The molecule has 0 bridgehead atoms. The second-order valence-corrected chi connectivity index (χ2v) is 16.1. The average Bonchev–Trinajstić information content (AvgIpc) is 3.69. The second-order valence-electron chi connectivity index (χ2n) is 16.1. The predicted octanol–water partition coefficient (Wildman–Crippen LogP) is 16.4. The van der Waals surface area contributed by atoms with Crippen molar-refractivity contribution in [2.45, 2.75) is 12.8 Å². The minimum Gasteiger partial charge on any atom is -0.313 e. The quantitative estimate of drug-likeness (QED) is 0.141. The van der Waals surface area contributed by atoms with Crippen LogP contribution in [-0.4, -0.2) is 4.57 Å². The highest BCUT2D eigenvalue weighted by Crippen LogP contribution is 2.44. The van der Waals surface area contributed by atoms with Crippen molar-refractivity contribution >= 4 is 34.0 Å². The van der Waals surface area contributed by atoms with Gasteiger partial charge in [0.25, 0.3) is 0 Å². The first-order valence-electron chi connectivity index (χ1n) is 21.6. The number of para-hydroxylation sites is 1. The zero-order valence-electron chi connectivity index (χ0n) is 34.4. The van der Waals surface area contributed by atoms with E-state index in [1.165, 1.54) is 83.5 Å². The highest BCUT2D eigenvalue weighted by Gasteiger charge is 2.21. The molecule has 2 heteroatoms. The number of anilines is 3. The molecule has 0 amide bonds. The number of allylic oxidation sites excluding steroid dienone is 1. The lowest BCUT2D eigenvalue weighted by Crippen LogP contribution is -2.11. The van der Waals surface area contributed by atoms with Gasteiger partial charge < -0.3 is 9.47 Å². The third kappa shape index (κ3) is 7.12. The van der Waals surface area contributed by atoms with Crippen LogP contribution in [0.4, 0.5) is 17.1 Å². The Labute approximate surface area is 364 Å². The van der Waals surface area contributed by atoms with Gasteiger partial charge in [0.15, 0.2) is 0 Å². The molecule has 0 fully saturated rings. The van der Waals surface area contributed by atoms with E-state index < -0.39 is 0 Å². The summed E-state index contributed by atoms with van der Waals surface area (Å²) in [5, 5.41) is 1.29. The van der Waals surface area contributed by atoms with Gasteiger partial charge in [-0.25, -0.2) is 0 Å². The molecule has 294 valence electrons. The van der Waals surface area contributed by atoms with Gasteiger partial charge in [0.1, 0.15) is 0 Å². The third-order valence-corrected chi connectivity index (χ3v) is 12.2. The fourth-order valence-electron chi connectivity index (χ4n) is 9.19. The molecule has 0 unspecified atom stereocenters. The lowest BCUT2D eigenvalue weighted by atomic mass is 9.95. The second kappa shape index (κ2) is 16.3. The number of aromatic nitrogens is 1. The summed E-state index contributed by atoms with van der Waals surface area (Å²) < 4.78 is 2.46. The lowest BCUT2D eigenvalue weighted by molar-refractivity contribution is 0.888. The number of hydrogen-bond donors (Lipinski definition) is 0. The van der Waals surface area contributed by atoms with Gasteiger partial charge in [-0.1, -0.05) is 170 Å². The molecular weight excluding hydrogens is 749 g/mol. The molecule has 0 saturated carbocycles. The van der Waals surface area contributed by atoms with Gasteiger partial charge in [0, 0.05) is 39.4 Å². The average molecular weight is 793 g/mol. The van der Waals surface area contributed by atoms with Crippen LogP contribution in [0.2, 0.25) is 0 Å². The van der Waals surface area contributed by atoms with Crippen molar-refractivity contribution in [3.63, 3.8) is 0 Å². The smallest absolute Gasteiger partial charge is 0.0538 e. The molecule has 0 spiro atoms. The van der Waals surface area contributed by atoms with Crippen molar-refractivity contribution in [1.29, 1.82) is 0 Å². The van der Waals surface area contributed by atoms with Crippen LogP contribution in [-0.2, 0) is 6.42 Å². The van der Waals surface area contributed by atoms with E-state index in [1.54, 1.807) is 0 Å². The van der Waals surface area contributed by atoms with E-state index in [9.17, 15) is 0 Å². The molecule has 1 aliphatic carbocycles. The van der Waals surface area contributed by atoms with Crippen LogP contribution in [0.5, 0.6) is 0 Å². The van der Waals surface area contributed by atoms with Crippen LogP contribution >= 0.6 is 0 Å². The summed E-state index contributed by atoms with van der Waals surface area (Å²) in [4.78, 5) is 2.44. The van der Waals surface area contributed by atoms with Gasteiger partial charge in [-0.2, -0.15) is 0 Å². The van der Waals surface area contributed by atoms with E-state index in [4.69, 9.17) is 0 Å². The number of rotatable bonds is 9. The van der Waals surface area contributed by atoms with Crippen molar-refractivity contribution in [3.05, 3.63) is 248 Å². The van der Waals surface area contributed by atoms with Crippen LogP contribution < -0.4 is 4.90 Å². The molecular formula is C60H44N2. The molecule has 0 saturated heterocycles. The SMILES string of the molecule is C1=Cc2c(n(-c3ccccc3)c3ccc(-c4ccc(N(c5cc(-c6ccccc6)cc(-c6ccccc6)c5)c5cc(-c6ccccc6)cc(-c6ccccc6)c5)cc4)cc23)CC1. The molecule has 0 N–H and O–H groups in total. The zero-order chi connectivity index (χ0) is 41.2. The third-order valence-electron chi connectivity index (χ3n) is 12.2. The Morgan fingerprint density at radius 2 is 0.758 bits per heavy atom. The molecule has 62 heavy (non-hydrogen) atoms. The maximum atomic E-state index is 2.46. The molecule has 1 aromatic heterocycles. The lowest BCUT2D eigenvalue weighted by Gasteiger charge is -2.28. The molecule has 0 atom stereocenters. The summed E-state index contributed by atoms with van der Waals surface area (Å²) in [5.74, 6) is 0. The van der Waals surface area contributed by atoms with Gasteiger partial charge >= 0.3 is 0 Å². The minimum absolute atomic E-state index is 1.03. The molecule has 10 aromatic rings. The van der Waals surface area contributed by atoms with Crippen LogP contribution in [0.1, 0.15) is 17.7 Å². The highest BCUT2D eigenvalue weighted by molar-refractivity contribution is 5.96. The van der Waals surface area contributed by atoms with Gasteiger partial charge in [-0.05, 0) is 141 Å². The molecule has 0 aliphatic heterocycles. The van der Waals surface area contributed by atoms with Gasteiger partial charge in [0.05, 0.1) is 5.52 Å². The standard InChI is InChI=1S/C60H44N2/c1-6-18-43(19-7-1)49-36-50(44-20-8-2-9-21-44)39-55(38-49)61(56-40-51(45-22-10-3-11-23-45)37-52(41-56)46-24-12-4-13-25-46)54-33-30-47(31-34-54)48-32-35-60-58(42-48)57-28-16-17-29-59(57)62(60)53-26-14-5-15-27-53/h1-16,18-28,30-42H,17,29H2. The van der Waals surface area contributed by atoms with Crippen LogP contribution in [0, 0.1) is 0 Å². The highest BCUT2D eigenvalue weighted by atomic mass is 15.1. The van der Waals surface area contributed by atoms with Crippen molar-refractivity contribution in [3.8, 4) is 61.3 Å². The topological polar surface area (TPSA) is 8.17 Å². The van der Waals surface area contributed by atoms with Gasteiger partial charge in [-0.3, -0.25) is 0 Å². The predicted molar refractivity (Wildman–Crippen MR) is 262 cm³/mol. The van der Waals surface area contributed by atoms with E-state index in [1.807, 2.05) is 0 Å². The molecule has 11 rings (SSSR count). The van der Waals surface area contributed by atoms with Gasteiger partial charge in [0.2, 0.25) is 0 Å². The Morgan fingerprint density at radius 1 is 0.339 bits per heavy atom. The summed E-state index contributed by atoms with van der Waals surface area (Å²) in [6.07, 6.45) is 6.73. The van der Waals surface area contributed by atoms with Crippen LogP contribution in [0.3, 0.4) is 0 Å². The van der Waals surface area contributed by atoms with E-state index in [0.29, 0.717) is 0 Å². The number of hydrogen-bond acceptors (Lipinski definition) is 1. The van der Waals surface area contributed by atoms with Crippen LogP contribution in [0.15, 0.2) is 237 Å².